The normalized spacial score (nSPS) is 11.1. The minimum atomic E-state index is 0.823. The maximum atomic E-state index is 5.64. The van der Waals surface area contributed by atoms with E-state index in [1.54, 1.807) is 0 Å². The fraction of sp³-hybridized carbons (Fsp3) is 0. The van der Waals surface area contributed by atoms with E-state index in [9.17, 15) is 0 Å². The largest absolute Gasteiger partial charge is 0.454 e. The molecule has 0 saturated heterocycles. The minimum Gasteiger partial charge on any atom is -0.454 e. The van der Waals surface area contributed by atoms with Crippen LogP contribution in [0, 0.1) is 4.51 Å². The molecule has 68 valence electrons. The monoisotopic (exact) mass is 201 g/mol. The van der Waals surface area contributed by atoms with Gasteiger partial charge in [0.15, 0.2) is 5.58 Å². The number of H-pyrrole nitrogens is 1. The average Bonchev–Trinajstić information content (AvgIpc) is 2.57. The van der Waals surface area contributed by atoms with Gasteiger partial charge in [-0.15, -0.1) is 0 Å². The lowest BCUT2D eigenvalue weighted by Crippen LogP contribution is -1.71. The number of fused-ring (bicyclic) bond motifs is 3. The maximum absolute atomic E-state index is 5.64. The smallest absolute Gasteiger partial charge is 0.151 e. The Bertz CT molecular complexity index is 665. The second-order valence-electron chi connectivity index (χ2n) is 3.14. The summed E-state index contributed by atoms with van der Waals surface area (Å²) in [6.07, 6.45) is 1.87. The molecular formula is C11H7NOS. The zero-order valence-corrected chi connectivity index (χ0v) is 8.10. The van der Waals surface area contributed by atoms with E-state index in [1.807, 2.05) is 36.5 Å². The van der Waals surface area contributed by atoms with E-state index in [0.717, 1.165) is 26.6 Å². The van der Waals surface area contributed by atoms with E-state index >= 15 is 0 Å². The first-order valence-electron chi connectivity index (χ1n) is 4.35. The highest BCUT2D eigenvalue weighted by Crippen LogP contribution is 2.27. The summed E-state index contributed by atoms with van der Waals surface area (Å²) < 4.78 is 6.46. The van der Waals surface area contributed by atoms with E-state index in [4.69, 9.17) is 16.6 Å². The first kappa shape index (κ1) is 7.76. The van der Waals surface area contributed by atoms with Gasteiger partial charge in [0.05, 0.1) is 15.4 Å². The lowest BCUT2D eigenvalue weighted by molar-refractivity contribution is 0.668. The number of nitrogens with one attached hydrogen (secondary N) is 1. The predicted molar refractivity (Wildman–Crippen MR) is 58.9 cm³/mol. The van der Waals surface area contributed by atoms with Crippen LogP contribution in [0.1, 0.15) is 0 Å². The number of aromatic amines is 1. The number of aromatic nitrogens is 1. The molecule has 3 rings (SSSR count). The van der Waals surface area contributed by atoms with Gasteiger partial charge in [0.1, 0.15) is 5.58 Å². The fourth-order valence-electron chi connectivity index (χ4n) is 1.66. The first-order valence-corrected chi connectivity index (χ1v) is 4.76. The van der Waals surface area contributed by atoms with Crippen LogP contribution in [0.25, 0.3) is 22.1 Å². The van der Waals surface area contributed by atoms with Gasteiger partial charge in [-0.3, -0.25) is 0 Å². The minimum absolute atomic E-state index is 0.823. The summed E-state index contributed by atoms with van der Waals surface area (Å²) in [6.45, 7) is 0. The molecule has 14 heavy (non-hydrogen) atoms. The Labute approximate surface area is 85.2 Å². The van der Waals surface area contributed by atoms with Crippen molar-refractivity contribution in [3.63, 3.8) is 0 Å². The van der Waals surface area contributed by atoms with Gasteiger partial charge < -0.3 is 9.40 Å². The number of pyridine rings is 1. The number of hydrogen-bond acceptors (Lipinski definition) is 2. The van der Waals surface area contributed by atoms with Gasteiger partial charge in [-0.25, -0.2) is 0 Å². The number of rotatable bonds is 0. The second-order valence-corrected chi connectivity index (χ2v) is 3.58. The van der Waals surface area contributed by atoms with E-state index < -0.39 is 0 Å². The van der Waals surface area contributed by atoms with Gasteiger partial charge >= 0.3 is 0 Å². The first-order chi connectivity index (χ1) is 6.86. The molecule has 0 aliphatic rings. The maximum Gasteiger partial charge on any atom is 0.151 e. The Balaban J connectivity index is 2.73. The molecule has 0 aliphatic carbocycles. The molecule has 3 heteroatoms. The molecule has 0 aliphatic heterocycles. The molecule has 0 radical (unpaired) electrons. The molecule has 1 aromatic carbocycles. The lowest BCUT2D eigenvalue weighted by Gasteiger charge is -1.87. The molecule has 0 unspecified atom stereocenters. The van der Waals surface area contributed by atoms with Crippen LogP contribution in [0.2, 0.25) is 0 Å². The zero-order chi connectivity index (χ0) is 9.54. The van der Waals surface area contributed by atoms with E-state index in [1.165, 1.54) is 0 Å². The topological polar surface area (TPSA) is 28.9 Å². The number of benzene rings is 1. The van der Waals surface area contributed by atoms with Crippen molar-refractivity contribution in [3.8, 4) is 0 Å². The molecule has 0 bridgehead atoms. The molecule has 0 amide bonds. The van der Waals surface area contributed by atoms with Crippen molar-refractivity contribution in [2.75, 3.05) is 0 Å². The Morgan fingerprint density at radius 3 is 2.86 bits per heavy atom. The highest BCUT2D eigenvalue weighted by Gasteiger charge is 2.06. The molecule has 3 aromatic rings. The average molecular weight is 201 g/mol. The molecule has 0 saturated carbocycles. The fourth-order valence-corrected chi connectivity index (χ4v) is 1.94. The molecule has 0 fully saturated rings. The Morgan fingerprint density at radius 2 is 1.93 bits per heavy atom. The quantitative estimate of drug-likeness (QED) is 0.562. The third kappa shape index (κ3) is 0.930. The van der Waals surface area contributed by atoms with Crippen molar-refractivity contribution in [3.05, 3.63) is 41.0 Å². The Morgan fingerprint density at radius 1 is 1.07 bits per heavy atom. The summed E-state index contributed by atoms with van der Waals surface area (Å²) in [5.41, 5.74) is 2.67. The predicted octanol–water partition coefficient (Wildman–Crippen LogP) is 3.64. The molecule has 2 heterocycles. The van der Waals surface area contributed by atoms with Crippen LogP contribution in [0.15, 0.2) is 40.9 Å². The van der Waals surface area contributed by atoms with Gasteiger partial charge in [0.2, 0.25) is 0 Å². The molecule has 1 N–H and O–H groups in total. The second kappa shape index (κ2) is 2.69. The van der Waals surface area contributed by atoms with Gasteiger partial charge in [0.25, 0.3) is 0 Å². The van der Waals surface area contributed by atoms with Crippen molar-refractivity contribution in [2.45, 2.75) is 0 Å². The van der Waals surface area contributed by atoms with Crippen molar-refractivity contribution in [1.29, 1.82) is 0 Å². The summed E-state index contributed by atoms with van der Waals surface area (Å²) in [7, 11) is 0. The summed E-state index contributed by atoms with van der Waals surface area (Å²) in [4.78, 5) is 3.15. The van der Waals surface area contributed by atoms with Gasteiger partial charge in [0, 0.05) is 6.20 Å². The number of hydrogen-bond donors (Lipinski definition) is 1. The van der Waals surface area contributed by atoms with Crippen LogP contribution in [0.5, 0.6) is 0 Å². The highest BCUT2D eigenvalue weighted by molar-refractivity contribution is 7.71. The summed E-state index contributed by atoms with van der Waals surface area (Å²) in [6, 6.07) is 9.59. The molecule has 0 spiro atoms. The van der Waals surface area contributed by atoms with Crippen molar-refractivity contribution >= 4 is 34.3 Å². The van der Waals surface area contributed by atoms with Crippen LogP contribution < -0.4 is 0 Å². The van der Waals surface area contributed by atoms with Crippen molar-refractivity contribution in [1.82, 2.24) is 4.98 Å². The third-order valence-electron chi connectivity index (χ3n) is 2.28. The molecule has 0 atom stereocenters. The Hall–Kier alpha value is -1.61. The van der Waals surface area contributed by atoms with Crippen LogP contribution in [0.3, 0.4) is 0 Å². The van der Waals surface area contributed by atoms with Crippen LogP contribution in [-0.2, 0) is 0 Å². The third-order valence-corrected chi connectivity index (χ3v) is 2.62. The summed E-state index contributed by atoms with van der Waals surface area (Å²) in [5, 5.41) is 0.998. The molecular weight excluding hydrogens is 194 g/mol. The van der Waals surface area contributed by atoms with Gasteiger partial charge in [-0.2, -0.15) is 0 Å². The van der Waals surface area contributed by atoms with Gasteiger partial charge in [-0.1, -0.05) is 18.3 Å². The Kier molecular flexibility index (Phi) is 1.49. The molecule has 2 aromatic heterocycles. The number of furan rings is 1. The summed E-state index contributed by atoms with van der Waals surface area (Å²) >= 11 is 5.25. The van der Waals surface area contributed by atoms with Gasteiger partial charge in [-0.05, 0) is 24.3 Å². The van der Waals surface area contributed by atoms with Crippen LogP contribution in [0.4, 0.5) is 0 Å². The zero-order valence-electron chi connectivity index (χ0n) is 7.28. The van der Waals surface area contributed by atoms with E-state index in [-0.39, 0.29) is 0 Å². The van der Waals surface area contributed by atoms with E-state index in [0.29, 0.717) is 0 Å². The summed E-state index contributed by atoms with van der Waals surface area (Å²) in [5.74, 6) is 0. The van der Waals surface area contributed by atoms with Crippen molar-refractivity contribution < 1.29 is 4.42 Å². The standard InChI is InChI=1S/C11H7NOS/c14-9-5-1-3-7-10(9)11-8(13-7)4-2-6-12-11/h1-6,12H. The highest BCUT2D eigenvalue weighted by atomic mass is 32.1. The van der Waals surface area contributed by atoms with Crippen molar-refractivity contribution in [2.24, 2.45) is 0 Å². The van der Waals surface area contributed by atoms with Crippen LogP contribution >= 0.6 is 12.2 Å². The van der Waals surface area contributed by atoms with E-state index in [2.05, 4.69) is 4.98 Å². The molecule has 2 nitrogen and oxygen atoms in total. The SMILES string of the molecule is S=c1cccc2oc3ccc[nH]c3c12. The lowest BCUT2D eigenvalue weighted by atomic mass is 10.2. The van der Waals surface area contributed by atoms with Crippen LogP contribution in [-0.4, -0.2) is 4.98 Å².